The number of halogens is 1. The predicted molar refractivity (Wildman–Crippen MR) is 114 cm³/mol. The summed E-state index contributed by atoms with van der Waals surface area (Å²) in [5.41, 5.74) is 0.451. The van der Waals surface area contributed by atoms with Gasteiger partial charge in [0.1, 0.15) is 4.83 Å². The Labute approximate surface area is 170 Å². The number of nitrogens with zero attached hydrogens (tertiary/aromatic N) is 2. The molecule has 8 heteroatoms. The van der Waals surface area contributed by atoms with E-state index in [0.29, 0.717) is 32.6 Å². The van der Waals surface area contributed by atoms with Crippen molar-refractivity contribution >= 4 is 56.5 Å². The van der Waals surface area contributed by atoms with Gasteiger partial charge >= 0.3 is 0 Å². The van der Waals surface area contributed by atoms with Crippen LogP contribution in [0.25, 0.3) is 10.2 Å². The fraction of sp³-hybridized carbons (Fsp3) is 0.211. The number of rotatable bonds is 7. The van der Waals surface area contributed by atoms with Crippen molar-refractivity contribution in [2.75, 3.05) is 11.1 Å². The van der Waals surface area contributed by atoms with E-state index in [1.165, 1.54) is 23.1 Å². The van der Waals surface area contributed by atoms with Crippen molar-refractivity contribution in [3.05, 3.63) is 63.2 Å². The molecule has 1 aromatic carbocycles. The Morgan fingerprint density at radius 2 is 2.22 bits per heavy atom. The number of hydrogen-bond donors (Lipinski definition) is 1. The SMILES string of the molecule is C=CCn1c(SCC(=O)Nc2ccccc2Cl)nc2sc(CC)cc2c1=O. The van der Waals surface area contributed by atoms with Gasteiger partial charge in [-0.15, -0.1) is 17.9 Å². The van der Waals surface area contributed by atoms with Crippen molar-refractivity contribution < 1.29 is 4.79 Å². The lowest BCUT2D eigenvalue weighted by Gasteiger charge is -2.10. The van der Waals surface area contributed by atoms with E-state index in [4.69, 9.17) is 11.6 Å². The molecule has 0 bridgehead atoms. The first kappa shape index (κ1) is 19.7. The van der Waals surface area contributed by atoms with Gasteiger partial charge < -0.3 is 5.32 Å². The van der Waals surface area contributed by atoms with E-state index in [9.17, 15) is 9.59 Å². The smallest absolute Gasteiger partial charge is 0.263 e. The molecule has 0 unspecified atom stereocenters. The van der Waals surface area contributed by atoms with Crippen LogP contribution in [0.2, 0.25) is 5.02 Å². The van der Waals surface area contributed by atoms with E-state index in [0.717, 1.165) is 11.3 Å². The van der Waals surface area contributed by atoms with Crippen LogP contribution in [-0.4, -0.2) is 21.2 Å². The maximum absolute atomic E-state index is 12.8. The van der Waals surface area contributed by atoms with Crippen LogP contribution in [0.1, 0.15) is 11.8 Å². The molecular formula is C19H18ClN3O2S2. The van der Waals surface area contributed by atoms with Crippen LogP contribution in [0.3, 0.4) is 0 Å². The minimum absolute atomic E-state index is 0.107. The minimum Gasteiger partial charge on any atom is -0.324 e. The molecule has 0 atom stereocenters. The molecule has 0 radical (unpaired) electrons. The van der Waals surface area contributed by atoms with Crippen molar-refractivity contribution in [2.24, 2.45) is 0 Å². The van der Waals surface area contributed by atoms with Crippen LogP contribution in [0, 0.1) is 0 Å². The molecule has 140 valence electrons. The number of fused-ring (bicyclic) bond motifs is 1. The van der Waals surface area contributed by atoms with Gasteiger partial charge in [0.05, 0.1) is 21.8 Å². The van der Waals surface area contributed by atoms with Gasteiger partial charge in [0, 0.05) is 11.4 Å². The summed E-state index contributed by atoms with van der Waals surface area (Å²) in [4.78, 5) is 31.5. The molecule has 5 nitrogen and oxygen atoms in total. The predicted octanol–water partition coefficient (Wildman–Crippen LogP) is 4.59. The fourth-order valence-electron chi connectivity index (χ4n) is 2.50. The summed E-state index contributed by atoms with van der Waals surface area (Å²) in [6, 6.07) is 8.94. The van der Waals surface area contributed by atoms with Crippen molar-refractivity contribution in [1.29, 1.82) is 0 Å². The Hall–Kier alpha value is -2.09. The van der Waals surface area contributed by atoms with Gasteiger partial charge in [-0.3, -0.25) is 14.2 Å². The maximum Gasteiger partial charge on any atom is 0.263 e. The number of thioether (sulfide) groups is 1. The standard InChI is InChI=1S/C19H18ClN3O2S2/c1-3-9-23-18(25)13-10-12(4-2)27-17(13)22-19(23)26-11-16(24)21-15-8-6-5-7-14(15)20/h3,5-8,10H,1,4,9,11H2,2H3,(H,21,24). The third kappa shape index (κ3) is 4.43. The van der Waals surface area contributed by atoms with Gasteiger partial charge in [-0.05, 0) is 24.6 Å². The normalized spacial score (nSPS) is 10.9. The molecule has 0 aliphatic heterocycles. The minimum atomic E-state index is -0.215. The number of carbonyl (C=O) groups excluding carboxylic acids is 1. The van der Waals surface area contributed by atoms with Gasteiger partial charge in [0.15, 0.2) is 5.16 Å². The molecule has 2 heterocycles. The Morgan fingerprint density at radius 3 is 2.93 bits per heavy atom. The molecule has 3 aromatic rings. The van der Waals surface area contributed by atoms with Crippen molar-refractivity contribution in [3.63, 3.8) is 0 Å². The summed E-state index contributed by atoms with van der Waals surface area (Å²) >= 11 is 8.80. The number of anilines is 1. The Bertz CT molecular complexity index is 1060. The number of amides is 1. The van der Waals surface area contributed by atoms with E-state index in [-0.39, 0.29) is 17.2 Å². The lowest BCUT2D eigenvalue weighted by atomic mass is 10.3. The van der Waals surface area contributed by atoms with E-state index in [1.54, 1.807) is 34.9 Å². The second kappa shape index (κ2) is 8.73. The molecule has 0 saturated carbocycles. The Morgan fingerprint density at radius 1 is 1.44 bits per heavy atom. The third-order valence-corrected chi connectivity index (χ3v) is 6.29. The summed E-state index contributed by atoms with van der Waals surface area (Å²) in [6.45, 7) is 6.10. The lowest BCUT2D eigenvalue weighted by Crippen LogP contribution is -2.23. The highest BCUT2D eigenvalue weighted by Gasteiger charge is 2.15. The van der Waals surface area contributed by atoms with Crippen LogP contribution in [0.5, 0.6) is 0 Å². The average Bonchev–Trinajstić information content (AvgIpc) is 3.08. The molecule has 27 heavy (non-hydrogen) atoms. The molecule has 1 N–H and O–H groups in total. The molecule has 3 rings (SSSR count). The molecule has 1 amide bonds. The third-order valence-electron chi connectivity index (χ3n) is 3.81. The highest BCUT2D eigenvalue weighted by Crippen LogP contribution is 2.26. The maximum atomic E-state index is 12.8. The molecule has 0 fully saturated rings. The zero-order valence-corrected chi connectivity index (χ0v) is 17.1. The van der Waals surface area contributed by atoms with Gasteiger partial charge in [-0.1, -0.05) is 48.5 Å². The highest BCUT2D eigenvalue weighted by atomic mass is 35.5. The van der Waals surface area contributed by atoms with E-state index in [1.807, 2.05) is 13.0 Å². The number of hydrogen-bond acceptors (Lipinski definition) is 5. The number of carbonyl (C=O) groups is 1. The topological polar surface area (TPSA) is 64.0 Å². The molecular weight excluding hydrogens is 402 g/mol. The summed E-state index contributed by atoms with van der Waals surface area (Å²) in [5, 5.41) is 4.37. The summed E-state index contributed by atoms with van der Waals surface area (Å²) < 4.78 is 1.55. The Balaban J connectivity index is 1.84. The van der Waals surface area contributed by atoms with Gasteiger partial charge in [0.25, 0.3) is 5.56 Å². The fourth-order valence-corrected chi connectivity index (χ4v) is 4.50. The quantitative estimate of drug-likeness (QED) is 0.345. The largest absolute Gasteiger partial charge is 0.324 e. The molecule has 2 aromatic heterocycles. The monoisotopic (exact) mass is 419 g/mol. The second-order valence-corrected chi connectivity index (χ2v) is 8.17. The van der Waals surface area contributed by atoms with Crippen LogP contribution in [0.15, 0.2) is 52.9 Å². The van der Waals surface area contributed by atoms with Crippen molar-refractivity contribution in [3.8, 4) is 0 Å². The first-order chi connectivity index (χ1) is 13.0. The molecule has 0 aliphatic carbocycles. The summed E-state index contributed by atoms with van der Waals surface area (Å²) in [7, 11) is 0. The number of thiophene rings is 1. The number of benzene rings is 1. The zero-order chi connectivity index (χ0) is 19.4. The van der Waals surface area contributed by atoms with Crippen molar-refractivity contribution in [2.45, 2.75) is 25.0 Å². The van der Waals surface area contributed by atoms with Crippen LogP contribution < -0.4 is 10.9 Å². The second-order valence-electron chi connectivity index (χ2n) is 5.70. The Kier molecular flexibility index (Phi) is 6.36. The zero-order valence-electron chi connectivity index (χ0n) is 14.7. The number of aryl methyl sites for hydroxylation is 1. The van der Waals surface area contributed by atoms with Crippen LogP contribution >= 0.6 is 34.7 Å². The summed E-state index contributed by atoms with van der Waals surface area (Å²) in [6.07, 6.45) is 2.50. The number of nitrogens with one attached hydrogen (secondary N) is 1. The van der Waals surface area contributed by atoms with Crippen LogP contribution in [-0.2, 0) is 17.8 Å². The summed E-state index contributed by atoms with van der Waals surface area (Å²) in [5.74, 6) is -0.0974. The van der Waals surface area contributed by atoms with Gasteiger partial charge in [-0.25, -0.2) is 4.98 Å². The van der Waals surface area contributed by atoms with Crippen LogP contribution in [0.4, 0.5) is 5.69 Å². The van der Waals surface area contributed by atoms with E-state index in [2.05, 4.69) is 16.9 Å². The van der Waals surface area contributed by atoms with Gasteiger partial charge in [0.2, 0.25) is 5.91 Å². The first-order valence-corrected chi connectivity index (χ1v) is 10.5. The van der Waals surface area contributed by atoms with Gasteiger partial charge in [-0.2, -0.15) is 0 Å². The highest BCUT2D eigenvalue weighted by molar-refractivity contribution is 7.99. The van der Waals surface area contributed by atoms with E-state index >= 15 is 0 Å². The number of aromatic nitrogens is 2. The molecule has 0 aliphatic rings. The van der Waals surface area contributed by atoms with E-state index < -0.39 is 0 Å². The number of allylic oxidation sites excluding steroid dienone is 1. The van der Waals surface area contributed by atoms with Crippen molar-refractivity contribution in [1.82, 2.24) is 9.55 Å². The number of para-hydroxylation sites is 1. The first-order valence-electron chi connectivity index (χ1n) is 8.34. The lowest BCUT2D eigenvalue weighted by molar-refractivity contribution is -0.113. The average molecular weight is 420 g/mol. The molecule has 0 spiro atoms. The molecule has 0 saturated heterocycles.